The molecule has 0 aliphatic rings. The molecule has 0 radical (unpaired) electrons. The van der Waals surface area contributed by atoms with Gasteiger partial charge in [-0.2, -0.15) is 5.10 Å². The van der Waals surface area contributed by atoms with Gasteiger partial charge in [-0.25, -0.2) is 4.79 Å². The summed E-state index contributed by atoms with van der Waals surface area (Å²) in [4.78, 5) is 11.6. The lowest BCUT2D eigenvalue weighted by atomic mass is 10.2. The van der Waals surface area contributed by atoms with Crippen molar-refractivity contribution in [1.82, 2.24) is 10.2 Å². The zero-order valence-corrected chi connectivity index (χ0v) is 9.46. The predicted octanol–water partition coefficient (Wildman–Crippen LogP) is 2.14. The van der Waals surface area contributed by atoms with Crippen molar-refractivity contribution in [3.05, 3.63) is 59.4 Å². The van der Waals surface area contributed by atoms with E-state index in [1.165, 1.54) is 0 Å². The zero-order chi connectivity index (χ0) is 12.1. The van der Waals surface area contributed by atoms with Gasteiger partial charge < -0.3 is 4.74 Å². The van der Waals surface area contributed by atoms with E-state index >= 15 is 0 Å². The minimum Gasteiger partial charge on any atom is -0.456 e. The summed E-state index contributed by atoms with van der Waals surface area (Å²) in [5, 5.41) is 7.57. The van der Waals surface area contributed by atoms with E-state index in [9.17, 15) is 4.79 Å². The topological polar surface area (TPSA) is 52.1 Å². The number of benzene rings is 1. The summed E-state index contributed by atoms with van der Waals surface area (Å²) < 4.78 is 5.11. The van der Waals surface area contributed by atoms with Crippen molar-refractivity contribution in [2.75, 3.05) is 0 Å². The molecule has 0 saturated carbocycles. The number of hydrogen-bond acceptors (Lipinski definition) is 4. The predicted molar refractivity (Wildman–Crippen MR) is 62.3 cm³/mol. The lowest BCUT2D eigenvalue weighted by Crippen LogP contribution is -2.08. The first kappa shape index (κ1) is 11.3. The van der Waals surface area contributed by atoms with Crippen LogP contribution >= 0.6 is 0 Å². The molecule has 0 unspecified atom stereocenters. The Hall–Kier alpha value is -2.23. The van der Waals surface area contributed by atoms with Crippen LogP contribution in [0, 0.1) is 6.92 Å². The van der Waals surface area contributed by atoms with Gasteiger partial charge in [-0.3, -0.25) is 0 Å². The molecule has 1 aromatic carbocycles. The van der Waals surface area contributed by atoms with E-state index < -0.39 is 5.97 Å². The van der Waals surface area contributed by atoms with Crippen molar-refractivity contribution in [2.45, 2.75) is 13.5 Å². The first-order valence-electron chi connectivity index (χ1n) is 5.27. The third-order valence-electron chi connectivity index (χ3n) is 2.22. The average molecular weight is 228 g/mol. The molecule has 1 heterocycles. The van der Waals surface area contributed by atoms with Gasteiger partial charge in [0.2, 0.25) is 0 Å². The molecule has 0 atom stereocenters. The highest BCUT2D eigenvalue weighted by molar-refractivity contribution is 5.86. The summed E-state index contributed by atoms with van der Waals surface area (Å²) in [7, 11) is 0. The molecule has 0 N–H and O–H groups in total. The Bertz CT molecular complexity index is 495. The van der Waals surface area contributed by atoms with Gasteiger partial charge in [0.1, 0.15) is 6.61 Å². The van der Waals surface area contributed by atoms with E-state index in [4.69, 9.17) is 4.74 Å². The van der Waals surface area contributed by atoms with Crippen LogP contribution in [0.1, 0.15) is 21.7 Å². The van der Waals surface area contributed by atoms with Crippen LogP contribution in [0.3, 0.4) is 0 Å². The van der Waals surface area contributed by atoms with Gasteiger partial charge in [-0.05, 0) is 24.6 Å². The van der Waals surface area contributed by atoms with Crippen LogP contribution in [-0.2, 0) is 11.3 Å². The molecule has 0 aliphatic carbocycles. The molecular formula is C13H12N2O2. The van der Waals surface area contributed by atoms with Gasteiger partial charge in [-0.15, -0.1) is 5.10 Å². The number of ether oxygens (including phenoxy) is 1. The van der Waals surface area contributed by atoms with E-state index in [0.717, 1.165) is 11.3 Å². The minimum absolute atomic E-state index is 0.228. The van der Waals surface area contributed by atoms with Crippen molar-refractivity contribution in [3.63, 3.8) is 0 Å². The van der Waals surface area contributed by atoms with E-state index in [2.05, 4.69) is 10.2 Å². The molecule has 17 heavy (non-hydrogen) atoms. The highest BCUT2D eigenvalue weighted by Gasteiger charge is 2.08. The molecule has 0 saturated heterocycles. The lowest BCUT2D eigenvalue weighted by Gasteiger charge is -2.03. The van der Waals surface area contributed by atoms with Crippen LogP contribution < -0.4 is 0 Å². The molecule has 1 aromatic heterocycles. The van der Waals surface area contributed by atoms with Crippen LogP contribution in [0.25, 0.3) is 0 Å². The number of carbonyl (C=O) groups is 1. The van der Waals surface area contributed by atoms with E-state index in [1.807, 2.05) is 37.3 Å². The SMILES string of the molecule is Cc1ccc(C(=O)OCc2ccccc2)nn1. The van der Waals surface area contributed by atoms with Crippen LogP contribution in [0.4, 0.5) is 0 Å². The van der Waals surface area contributed by atoms with Gasteiger partial charge in [0.15, 0.2) is 5.69 Å². The number of hydrogen-bond donors (Lipinski definition) is 0. The highest BCUT2D eigenvalue weighted by atomic mass is 16.5. The number of aromatic nitrogens is 2. The maximum Gasteiger partial charge on any atom is 0.359 e. The maximum atomic E-state index is 11.6. The van der Waals surface area contributed by atoms with Crippen LogP contribution in [0.5, 0.6) is 0 Å². The van der Waals surface area contributed by atoms with Crippen LogP contribution in [0.15, 0.2) is 42.5 Å². The summed E-state index contributed by atoms with van der Waals surface area (Å²) >= 11 is 0. The molecule has 0 spiro atoms. The number of rotatable bonds is 3. The van der Waals surface area contributed by atoms with Crippen LogP contribution in [0.2, 0.25) is 0 Å². The van der Waals surface area contributed by atoms with Gasteiger partial charge in [0.25, 0.3) is 0 Å². The van der Waals surface area contributed by atoms with E-state index in [1.54, 1.807) is 12.1 Å². The Labute approximate surface area is 99.3 Å². The normalized spacial score (nSPS) is 9.94. The summed E-state index contributed by atoms with van der Waals surface area (Å²) in [6, 6.07) is 12.8. The molecule has 0 fully saturated rings. The van der Waals surface area contributed by atoms with Crippen molar-refractivity contribution in [3.8, 4) is 0 Å². The monoisotopic (exact) mass is 228 g/mol. The quantitative estimate of drug-likeness (QED) is 0.755. The molecule has 0 bridgehead atoms. The van der Waals surface area contributed by atoms with Crippen molar-refractivity contribution in [2.24, 2.45) is 0 Å². The molecular weight excluding hydrogens is 216 g/mol. The standard InChI is InChI=1S/C13H12N2O2/c1-10-7-8-12(15-14-10)13(16)17-9-11-5-3-2-4-6-11/h2-8H,9H2,1H3. The Kier molecular flexibility index (Phi) is 3.45. The largest absolute Gasteiger partial charge is 0.456 e. The summed E-state index contributed by atoms with van der Waals surface area (Å²) in [5.41, 5.74) is 1.94. The van der Waals surface area contributed by atoms with Crippen molar-refractivity contribution >= 4 is 5.97 Å². The third-order valence-corrected chi connectivity index (χ3v) is 2.22. The first-order chi connectivity index (χ1) is 8.25. The Morgan fingerprint density at radius 1 is 1.12 bits per heavy atom. The molecule has 4 heteroatoms. The number of nitrogens with zero attached hydrogens (tertiary/aromatic N) is 2. The summed E-state index contributed by atoms with van der Waals surface area (Å²) in [6.45, 7) is 2.06. The second-order valence-electron chi connectivity index (χ2n) is 3.62. The smallest absolute Gasteiger partial charge is 0.359 e. The lowest BCUT2D eigenvalue weighted by molar-refractivity contribution is 0.0464. The van der Waals surface area contributed by atoms with Crippen molar-refractivity contribution in [1.29, 1.82) is 0 Å². The Balaban J connectivity index is 1.96. The van der Waals surface area contributed by atoms with E-state index in [0.29, 0.717) is 0 Å². The third kappa shape index (κ3) is 3.11. The fraction of sp³-hybridized carbons (Fsp3) is 0.154. The van der Waals surface area contributed by atoms with Crippen LogP contribution in [-0.4, -0.2) is 16.2 Å². The molecule has 0 aliphatic heterocycles. The number of esters is 1. The first-order valence-corrected chi connectivity index (χ1v) is 5.27. The second-order valence-corrected chi connectivity index (χ2v) is 3.62. The summed E-state index contributed by atoms with van der Waals surface area (Å²) in [6.07, 6.45) is 0. The second kappa shape index (κ2) is 5.21. The van der Waals surface area contributed by atoms with E-state index in [-0.39, 0.29) is 12.3 Å². The number of aryl methyl sites for hydroxylation is 1. The molecule has 2 rings (SSSR count). The molecule has 4 nitrogen and oxygen atoms in total. The molecule has 86 valence electrons. The Morgan fingerprint density at radius 3 is 2.53 bits per heavy atom. The maximum absolute atomic E-state index is 11.6. The zero-order valence-electron chi connectivity index (χ0n) is 9.46. The fourth-order valence-electron chi connectivity index (χ4n) is 1.30. The fourth-order valence-corrected chi connectivity index (χ4v) is 1.30. The van der Waals surface area contributed by atoms with Gasteiger partial charge in [0.05, 0.1) is 5.69 Å². The number of carbonyl (C=O) groups excluding carboxylic acids is 1. The van der Waals surface area contributed by atoms with Gasteiger partial charge >= 0.3 is 5.97 Å². The van der Waals surface area contributed by atoms with Crippen molar-refractivity contribution < 1.29 is 9.53 Å². The highest BCUT2D eigenvalue weighted by Crippen LogP contribution is 2.04. The van der Waals surface area contributed by atoms with Gasteiger partial charge in [-0.1, -0.05) is 30.3 Å². The Morgan fingerprint density at radius 2 is 1.88 bits per heavy atom. The minimum atomic E-state index is -0.457. The summed E-state index contributed by atoms with van der Waals surface area (Å²) in [5.74, 6) is -0.457. The van der Waals surface area contributed by atoms with Gasteiger partial charge in [0, 0.05) is 0 Å². The average Bonchev–Trinajstić information content (AvgIpc) is 2.38. The molecule has 2 aromatic rings. The molecule has 0 amide bonds.